The standard InChI is InChI=1S/C24H26O10/c1-15-28-12-18-21(31-15)22(33-19(25)13-29-16-8-4-2-5-9-16)23(24(27)32-18)34-20(26)14-30-17-10-6-3-7-11-17/h2-11,15,18,21-24,27H,12-14H2,1H3. The molecule has 0 aromatic heterocycles. The second kappa shape index (κ2) is 11.3. The van der Waals surface area contributed by atoms with Gasteiger partial charge in [0.2, 0.25) is 0 Å². The third-order valence-electron chi connectivity index (χ3n) is 5.19. The molecule has 0 saturated carbocycles. The summed E-state index contributed by atoms with van der Waals surface area (Å²) >= 11 is 0. The first-order valence-corrected chi connectivity index (χ1v) is 10.8. The van der Waals surface area contributed by atoms with Gasteiger partial charge >= 0.3 is 11.9 Å². The quantitative estimate of drug-likeness (QED) is 0.563. The van der Waals surface area contributed by atoms with Gasteiger partial charge in [0.05, 0.1) is 6.61 Å². The summed E-state index contributed by atoms with van der Waals surface area (Å²) in [5, 5.41) is 10.5. The van der Waals surface area contributed by atoms with Gasteiger partial charge in [-0.3, -0.25) is 0 Å². The minimum atomic E-state index is -1.57. The lowest BCUT2D eigenvalue weighted by atomic mass is 9.97. The Balaban J connectivity index is 1.42. The maximum Gasteiger partial charge on any atom is 0.344 e. The number of carbonyl (C=O) groups is 2. The number of hydrogen-bond acceptors (Lipinski definition) is 10. The molecule has 0 spiro atoms. The van der Waals surface area contributed by atoms with E-state index in [1.165, 1.54) is 0 Å². The highest BCUT2D eigenvalue weighted by Crippen LogP contribution is 2.31. The highest BCUT2D eigenvalue weighted by Gasteiger charge is 2.52. The summed E-state index contributed by atoms with van der Waals surface area (Å²) < 4.78 is 38.5. The Morgan fingerprint density at radius 3 is 1.94 bits per heavy atom. The highest BCUT2D eigenvalue weighted by molar-refractivity contribution is 5.72. The average molecular weight is 474 g/mol. The first-order chi connectivity index (χ1) is 16.5. The number of esters is 2. The van der Waals surface area contributed by atoms with Gasteiger partial charge in [-0.1, -0.05) is 36.4 Å². The van der Waals surface area contributed by atoms with Crippen LogP contribution < -0.4 is 9.47 Å². The van der Waals surface area contributed by atoms with Gasteiger partial charge in [-0.2, -0.15) is 0 Å². The number of rotatable bonds is 8. The van der Waals surface area contributed by atoms with Gasteiger partial charge in [0.15, 0.2) is 38.0 Å². The van der Waals surface area contributed by atoms with E-state index in [2.05, 4.69) is 0 Å². The molecule has 2 fully saturated rings. The minimum Gasteiger partial charge on any atom is -0.482 e. The zero-order valence-corrected chi connectivity index (χ0v) is 18.5. The highest BCUT2D eigenvalue weighted by atomic mass is 16.7. The van der Waals surface area contributed by atoms with E-state index in [-0.39, 0.29) is 6.61 Å². The normalized spacial score (nSPS) is 28.3. The molecule has 6 unspecified atom stereocenters. The van der Waals surface area contributed by atoms with Crippen molar-refractivity contribution in [2.24, 2.45) is 0 Å². The molecule has 0 amide bonds. The van der Waals surface area contributed by atoms with Crippen LogP contribution in [0.15, 0.2) is 60.7 Å². The van der Waals surface area contributed by atoms with Gasteiger partial charge in [0.25, 0.3) is 0 Å². The zero-order chi connectivity index (χ0) is 23.9. The summed E-state index contributed by atoms with van der Waals surface area (Å²) in [5.41, 5.74) is 0. The molecule has 6 atom stereocenters. The molecule has 2 aliphatic rings. The van der Waals surface area contributed by atoms with Crippen molar-refractivity contribution < 1.29 is 47.9 Å². The van der Waals surface area contributed by atoms with Crippen LogP contribution in [0.4, 0.5) is 0 Å². The van der Waals surface area contributed by atoms with Gasteiger partial charge in [0.1, 0.15) is 23.7 Å². The van der Waals surface area contributed by atoms with Crippen LogP contribution in [0.1, 0.15) is 6.92 Å². The van der Waals surface area contributed by atoms with Crippen LogP contribution in [0.25, 0.3) is 0 Å². The van der Waals surface area contributed by atoms with Crippen LogP contribution in [0.2, 0.25) is 0 Å². The van der Waals surface area contributed by atoms with E-state index >= 15 is 0 Å². The predicted octanol–water partition coefficient (Wildman–Crippen LogP) is 1.45. The third kappa shape index (κ3) is 6.23. The number of benzene rings is 2. The molecule has 10 heteroatoms. The lowest BCUT2D eigenvalue weighted by Gasteiger charge is -2.46. The lowest BCUT2D eigenvalue weighted by molar-refractivity contribution is -0.350. The molecule has 2 aromatic rings. The molecule has 2 heterocycles. The number of para-hydroxylation sites is 2. The van der Waals surface area contributed by atoms with Crippen molar-refractivity contribution in [3.63, 3.8) is 0 Å². The Labute approximate surface area is 196 Å². The Morgan fingerprint density at radius 1 is 0.853 bits per heavy atom. The number of carbonyl (C=O) groups excluding carboxylic acids is 2. The van der Waals surface area contributed by atoms with Crippen molar-refractivity contribution in [2.75, 3.05) is 19.8 Å². The van der Waals surface area contributed by atoms with Crippen LogP contribution in [0, 0.1) is 0 Å². The molecule has 0 aliphatic carbocycles. The van der Waals surface area contributed by atoms with Crippen molar-refractivity contribution in [3.05, 3.63) is 60.7 Å². The first-order valence-electron chi connectivity index (χ1n) is 10.8. The summed E-state index contributed by atoms with van der Waals surface area (Å²) in [6.45, 7) is 0.973. The molecule has 2 saturated heterocycles. The van der Waals surface area contributed by atoms with Gasteiger partial charge in [-0.05, 0) is 31.2 Å². The molecule has 10 nitrogen and oxygen atoms in total. The fourth-order valence-corrected chi connectivity index (χ4v) is 3.63. The van der Waals surface area contributed by atoms with E-state index in [0.717, 1.165) is 0 Å². The number of hydrogen-bond donors (Lipinski definition) is 1. The van der Waals surface area contributed by atoms with Gasteiger partial charge in [-0.25, -0.2) is 9.59 Å². The fourth-order valence-electron chi connectivity index (χ4n) is 3.63. The topological polar surface area (TPSA) is 119 Å². The summed E-state index contributed by atoms with van der Waals surface area (Å²) in [5.74, 6) is -0.549. The summed E-state index contributed by atoms with van der Waals surface area (Å²) in [6, 6.07) is 17.5. The van der Waals surface area contributed by atoms with Crippen molar-refractivity contribution in [3.8, 4) is 11.5 Å². The molecular weight excluding hydrogens is 448 g/mol. The van der Waals surface area contributed by atoms with Crippen LogP contribution >= 0.6 is 0 Å². The number of aliphatic hydroxyl groups is 1. The molecule has 0 radical (unpaired) electrons. The molecular formula is C24H26O10. The predicted molar refractivity (Wildman–Crippen MR) is 115 cm³/mol. The maximum atomic E-state index is 12.6. The molecule has 2 aliphatic heterocycles. The molecule has 0 bridgehead atoms. The van der Waals surface area contributed by atoms with Crippen LogP contribution in [-0.2, 0) is 33.3 Å². The van der Waals surface area contributed by atoms with E-state index in [1.54, 1.807) is 55.5 Å². The SMILES string of the molecule is CC1OCC2OC(O)C(OC(=O)COc3ccccc3)C(OC(=O)COc3ccccc3)C2O1. The molecule has 2 aromatic carbocycles. The van der Waals surface area contributed by atoms with Crippen molar-refractivity contribution in [1.82, 2.24) is 0 Å². The Bertz CT molecular complexity index is 937. The molecule has 34 heavy (non-hydrogen) atoms. The maximum absolute atomic E-state index is 12.6. The summed E-state index contributed by atoms with van der Waals surface area (Å²) in [6.07, 6.45) is -6.25. The smallest absolute Gasteiger partial charge is 0.344 e. The second-order valence-corrected chi connectivity index (χ2v) is 7.68. The van der Waals surface area contributed by atoms with Crippen LogP contribution in [0.3, 0.4) is 0 Å². The number of fused-ring (bicyclic) bond motifs is 1. The average Bonchev–Trinajstić information content (AvgIpc) is 2.85. The van der Waals surface area contributed by atoms with Gasteiger partial charge < -0.3 is 38.3 Å². The van der Waals surface area contributed by atoms with Gasteiger partial charge in [-0.15, -0.1) is 0 Å². The minimum absolute atomic E-state index is 0.106. The summed E-state index contributed by atoms with van der Waals surface area (Å²) in [4.78, 5) is 25.0. The first kappa shape index (κ1) is 24.0. The molecule has 1 N–H and O–H groups in total. The largest absolute Gasteiger partial charge is 0.482 e. The third-order valence-corrected chi connectivity index (χ3v) is 5.19. The van der Waals surface area contributed by atoms with E-state index in [4.69, 9.17) is 33.2 Å². The molecule has 182 valence electrons. The Kier molecular flexibility index (Phi) is 7.96. The van der Waals surface area contributed by atoms with E-state index in [9.17, 15) is 14.7 Å². The van der Waals surface area contributed by atoms with Crippen molar-refractivity contribution >= 4 is 11.9 Å². The van der Waals surface area contributed by atoms with Gasteiger partial charge in [0, 0.05) is 0 Å². The Hall–Kier alpha value is -3.18. The number of aliphatic hydroxyl groups excluding tert-OH is 1. The van der Waals surface area contributed by atoms with Crippen molar-refractivity contribution in [2.45, 2.75) is 43.9 Å². The summed E-state index contributed by atoms with van der Waals surface area (Å²) in [7, 11) is 0. The van der Waals surface area contributed by atoms with Crippen molar-refractivity contribution in [1.29, 1.82) is 0 Å². The van der Waals surface area contributed by atoms with E-state index in [1.807, 2.05) is 12.1 Å². The Morgan fingerprint density at radius 2 is 1.38 bits per heavy atom. The van der Waals surface area contributed by atoms with Crippen LogP contribution in [0.5, 0.6) is 11.5 Å². The van der Waals surface area contributed by atoms with E-state index in [0.29, 0.717) is 11.5 Å². The fraction of sp³-hybridized carbons (Fsp3) is 0.417. The van der Waals surface area contributed by atoms with E-state index < -0.39 is 62.1 Å². The number of ether oxygens (including phenoxy) is 7. The zero-order valence-electron chi connectivity index (χ0n) is 18.5. The monoisotopic (exact) mass is 474 g/mol. The lowest BCUT2D eigenvalue weighted by Crippen LogP contribution is -2.64. The van der Waals surface area contributed by atoms with Crippen LogP contribution in [-0.4, -0.2) is 73.9 Å². The second-order valence-electron chi connectivity index (χ2n) is 7.68. The molecule has 4 rings (SSSR count).